The minimum atomic E-state index is 0.299. The van der Waals surface area contributed by atoms with E-state index < -0.39 is 0 Å². The highest BCUT2D eigenvalue weighted by Gasteiger charge is 2.05. The van der Waals surface area contributed by atoms with Crippen molar-refractivity contribution >= 4 is 11.6 Å². The molecule has 0 spiro atoms. The van der Waals surface area contributed by atoms with Crippen molar-refractivity contribution in [1.82, 2.24) is 19.6 Å². The SMILES string of the molecule is CCOc1nc2nccc(N)n2n1. The highest BCUT2D eigenvalue weighted by atomic mass is 16.5. The first-order valence-corrected chi connectivity index (χ1v) is 3.91. The van der Waals surface area contributed by atoms with Gasteiger partial charge < -0.3 is 10.5 Å². The monoisotopic (exact) mass is 179 g/mol. The van der Waals surface area contributed by atoms with Crippen LogP contribution in [-0.4, -0.2) is 26.2 Å². The van der Waals surface area contributed by atoms with Crippen molar-refractivity contribution in [2.45, 2.75) is 6.92 Å². The fourth-order valence-corrected chi connectivity index (χ4v) is 0.983. The van der Waals surface area contributed by atoms with Gasteiger partial charge in [-0.05, 0) is 13.0 Å². The van der Waals surface area contributed by atoms with Gasteiger partial charge >= 0.3 is 6.01 Å². The van der Waals surface area contributed by atoms with Crippen LogP contribution in [0.3, 0.4) is 0 Å². The molecule has 0 saturated heterocycles. The third kappa shape index (κ3) is 1.26. The highest BCUT2D eigenvalue weighted by molar-refractivity contribution is 5.39. The van der Waals surface area contributed by atoms with E-state index in [4.69, 9.17) is 10.5 Å². The molecule has 0 saturated carbocycles. The van der Waals surface area contributed by atoms with Gasteiger partial charge in [0, 0.05) is 6.20 Å². The lowest BCUT2D eigenvalue weighted by atomic mass is 10.6. The van der Waals surface area contributed by atoms with Gasteiger partial charge in [-0.1, -0.05) is 0 Å². The minimum Gasteiger partial charge on any atom is -0.463 e. The molecule has 0 bridgehead atoms. The average Bonchev–Trinajstić information content (AvgIpc) is 2.49. The Morgan fingerprint density at radius 3 is 3.15 bits per heavy atom. The first-order valence-electron chi connectivity index (χ1n) is 3.91. The summed E-state index contributed by atoms with van der Waals surface area (Å²) in [5.74, 6) is 0.937. The van der Waals surface area contributed by atoms with Gasteiger partial charge in [0.05, 0.1) is 6.61 Å². The van der Waals surface area contributed by atoms with Crippen molar-refractivity contribution in [2.24, 2.45) is 0 Å². The van der Waals surface area contributed by atoms with Gasteiger partial charge in [0.15, 0.2) is 0 Å². The maximum atomic E-state index is 5.63. The lowest BCUT2D eigenvalue weighted by molar-refractivity contribution is 0.313. The zero-order valence-electron chi connectivity index (χ0n) is 7.14. The number of hydrogen-bond acceptors (Lipinski definition) is 5. The molecule has 68 valence electrons. The number of nitrogens with zero attached hydrogens (tertiary/aromatic N) is 4. The van der Waals surface area contributed by atoms with Crippen molar-refractivity contribution in [3.05, 3.63) is 12.3 Å². The topological polar surface area (TPSA) is 78.3 Å². The summed E-state index contributed by atoms with van der Waals surface area (Å²) in [4.78, 5) is 7.98. The van der Waals surface area contributed by atoms with Crippen molar-refractivity contribution in [1.29, 1.82) is 0 Å². The standard InChI is InChI=1S/C7H9N5O/c1-2-13-7-10-6-9-4-3-5(8)12(6)11-7/h3-4H,2,8H2,1H3. The summed E-state index contributed by atoms with van der Waals surface area (Å²) < 4.78 is 6.54. The molecule has 6 nitrogen and oxygen atoms in total. The Morgan fingerprint density at radius 1 is 1.62 bits per heavy atom. The molecule has 0 aliphatic heterocycles. The average molecular weight is 179 g/mol. The Labute approximate surface area is 74.4 Å². The van der Waals surface area contributed by atoms with Crippen LogP contribution in [0.4, 0.5) is 5.82 Å². The van der Waals surface area contributed by atoms with Crippen molar-refractivity contribution in [2.75, 3.05) is 12.3 Å². The van der Waals surface area contributed by atoms with Gasteiger partial charge in [-0.25, -0.2) is 4.98 Å². The molecular weight excluding hydrogens is 170 g/mol. The van der Waals surface area contributed by atoms with Crippen molar-refractivity contribution < 1.29 is 4.74 Å². The number of aromatic nitrogens is 4. The third-order valence-corrected chi connectivity index (χ3v) is 1.52. The molecule has 0 aliphatic rings. The van der Waals surface area contributed by atoms with E-state index in [1.807, 2.05) is 6.92 Å². The first-order chi connectivity index (χ1) is 6.31. The fourth-order valence-electron chi connectivity index (χ4n) is 0.983. The maximum Gasteiger partial charge on any atom is 0.337 e. The van der Waals surface area contributed by atoms with E-state index in [2.05, 4.69) is 15.1 Å². The smallest absolute Gasteiger partial charge is 0.337 e. The molecule has 2 heterocycles. The van der Waals surface area contributed by atoms with Gasteiger partial charge in [-0.3, -0.25) is 0 Å². The number of anilines is 1. The predicted octanol–water partition coefficient (Wildman–Crippen LogP) is 0.105. The number of ether oxygens (including phenoxy) is 1. The van der Waals surface area contributed by atoms with Crippen LogP contribution in [0.2, 0.25) is 0 Å². The number of fused-ring (bicyclic) bond motifs is 1. The van der Waals surface area contributed by atoms with E-state index >= 15 is 0 Å². The summed E-state index contributed by atoms with van der Waals surface area (Å²) in [5.41, 5.74) is 5.63. The van der Waals surface area contributed by atoms with E-state index in [9.17, 15) is 0 Å². The zero-order valence-corrected chi connectivity index (χ0v) is 7.14. The van der Waals surface area contributed by atoms with Crippen molar-refractivity contribution in [3.63, 3.8) is 0 Å². The molecule has 2 aromatic heterocycles. The van der Waals surface area contributed by atoms with E-state index in [0.29, 0.717) is 24.2 Å². The van der Waals surface area contributed by atoms with E-state index in [-0.39, 0.29) is 0 Å². The van der Waals surface area contributed by atoms with Gasteiger partial charge in [0.1, 0.15) is 5.82 Å². The van der Waals surface area contributed by atoms with Crippen LogP contribution in [0.1, 0.15) is 6.92 Å². The van der Waals surface area contributed by atoms with E-state index in [1.165, 1.54) is 4.52 Å². The first kappa shape index (κ1) is 7.78. The molecule has 0 aliphatic carbocycles. The molecular formula is C7H9N5O. The van der Waals surface area contributed by atoms with Crippen LogP contribution >= 0.6 is 0 Å². The molecule has 0 fully saturated rings. The van der Waals surface area contributed by atoms with E-state index in [0.717, 1.165) is 0 Å². The Hall–Kier alpha value is -1.85. The van der Waals surface area contributed by atoms with Crippen LogP contribution in [0, 0.1) is 0 Å². The lowest BCUT2D eigenvalue weighted by Crippen LogP contribution is -1.99. The number of nitrogens with two attached hydrogens (primary N) is 1. The van der Waals surface area contributed by atoms with Crippen LogP contribution in [0.5, 0.6) is 6.01 Å². The normalized spacial score (nSPS) is 10.5. The molecule has 2 N–H and O–H groups in total. The second-order valence-corrected chi connectivity index (χ2v) is 2.41. The molecule has 2 aromatic rings. The van der Waals surface area contributed by atoms with Gasteiger partial charge in [-0.15, -0.1) is 5.10 Å². The quantitative estimate of drug-likeness (QED) is 0.707. The van der Waals surface area contributed by atoms with Crippen LogP contribution < -0.4 is 10.5 Å². The Balaban J connectivity index is 2.55. The number of hydrogen-bond donors (Lipinski definition) is 1. The summed E-state index contributed by atoms with van der Waals surface area (Å²) in [6.07, 6.45) is 1.58. The molecule has 0 atom stereocenters. The van der Waals surface area contributed by atoms with Gasteiger partial charge in [0.2, 0.25) is 0 Å². The Morgan fingerprint density at radius 2 is 2.46 bits per heavy atom. The molecule has 0 aromatic carbocycles. The number of nitrogen functional groups attached to an aromatic ring is 1. The molecule has 2 rings (SSSR count). The molecule has 13 heavy (non-hydrogen) atoms. The molecule has 6 heteroatoms. The lowest BCUT2D eigenvalue weighted by Gasteiger charge is -1.93. The fraction of sp³-hybridized carbons (Fsp3) is 0.286. The largest absolute Gasteiger partial charge is 0.463 e. The molecule has 0 radical (unpaired) electrons. The van der Waals surface area contributed by atoms with Gasteiger partial charge in [0.25, 0.3) is 5.78 Å². The van der Waals surface area contributed by atoms with Crippen molar-refractivity contribution in [3.8, 4) is 6.01 Å². The van der Waals surface area contributed by atoms with Crippen LogP contribution in [0.25, 0.3) is 5.78 Å². The number of rotatable bonds is 2. The zero-order chi connectivity index (χ0) is 9.26. The Bertz CT molecular complexity index is 424. The summed E-state index contributed by atoms with van der Waals surface area (Å²) in [7, 11) is 0. The maximum absolute atomic E-state index is 5.63. The predicted molar refractivity (Wildman–Crippen MR) is 46.4 cm³/mol. The highest BCUT2D eigenvalue weighted by Crippen LogP contribution is 2.08. The second kappa shape index (κ2) is 2.89. The minimum absolute atomic E-state index is 0.299. The summed E-state index contributed by atoms with van der Waals surface area (Å²) >= 11 is 0. The van der Waals surface area contributed by atoms with E-state index in [1.54, 1.807) is 12.3 Å². The summed E-state index contributed by atoms with van der Waals surface area (Å²) in [6.45, 7) is 2.39. The van der Waals surface area contributed by atoms with Crippen LogP contribution in [-0.2, 0) is 0 Å². The second-order valence-electron chi connectivity index (χ2n) is 2.41. The van der Waals surface area contributed by atoms with Crippen LogP contribution in [0.15, 0.2) is 12.3 Å². The molecule has 0 amide bonds. The van der Waals surface area contributed by atoms with Gasteiger partial charge in [-0.2, -0.15) is 9.50 Å². The summed E-state index contributed by atoms with van der Waals surface area (Å²) in [6, 6.07) is 1.95. The third-order valence-electron chi connectivity index (χ3n) is 1.52. The summed E-state index contributed by atoms with van der Waals surface area (Å²) in [5, 5.41) is 4.00. The molecule has 0 unspecified atom stereocenters. The Kier molecular flexibility index (Phi) is 1.73.